The molecule has 0 saturated carbocycles. The van der Waals surface area contributed by atoms with Gasteiger partial charge in [0.25, 0.3) is 5.91 Å². The molecule has 102 valence electrons. The second kappa shape index (κ2) is 6.95. The van der Waals surface area contributed by atoms with E-state index >= 15 is 0 Å². The van der Waals surface area contributed by atoms with Crippen LogP contribution in [0.3, 0.4) is 0 Å². The quantitative estimate of drug-likeness (QED) is 0.788. The van der Waals surface area contributed by atoms with Crippen LogP contribution in [0, 0.1) is 6.92 Å². The van der Waals surface area contributed by atoms with Crippen LogP contribution in [-0.4, -0.2) is 23.0 Å². The summed E-state index contributed by atoms with van der Waals surface area (Å²) in [5, 5.41) is 11.8. The van der Waals surface area contributed by atoms with Crippen molar-refractivity contribution in [2.45, 2.75) is 25.8 Å². The van der Waals surface area contributed by atoms with E-state index in [2.05, 4.69) is 11.9 Å². The van der Waals surface area contributed by atoms with Crippen LogP contribution in [0.4, 0.5) is 0 Å². The highest BCUT2D eigenvalue weighted by Crippen LogP contribution is 2.20. The first-order valence-electron chi connectivity index (χ1n) is 5.87. The number of carbonyl (C=O) groups is 2. The second-order valence-electron chi connectivity index (χ2n) is 4.17. The number of benzene rings is 1. The zero-order valence-electron chi connectivity index (χ0n) is 10.6. The Morgan fingerprint density at radius 3 is 2.79 bits per heavy atom. The topological polar surface area (TPSA) is 66.4 Å². The molecule has 1 amide bonds. The van der Waals surface area contributed by atoms with Crippen molar-refractivity contribution in [2.75, 3.05) is 0 Å². The van der Waals surface area contributed by atoms with Gasteiger partial charge in [-0.1, -0.05) is 29.8 Å². The maximum absolute atomic E-state index is 12.0. The molecule has 2 N–H and O–H groups in total. The Hall–Kier alpha value is -1.81. The number of carbonyl (C=O) groups excluding carboxylic acids is 1. The molecule has 0 spiro atoms. The van der Waals surface area contributed by atoms with Crippen molar-refractivity contribution in [3.8, 4) is 0 Å². The van der Waals surface area contributed by atoms with Crippen molar-refractivity contribution >= 4 is 23.5 Å². The molecule has 0 heterocycles. The largest absolute Gasteiger partial charge is 0.480 e. The van der Waals surface area contributed by atoms with Crippen LogP contribution in [0.25, 0.3) is 0 Å². The molecular weight excluding hydrogens is 266 g/mol. The number of rotatable bonds is 6. The van der Waals surface area contributed by atoms with Crippen molar-refractivity contribution in [1.29, 1.82) is 0 Å². The average Bonchev–Trinajstić information content (AvgIpc) is 2.37. The molecule has 0 aliphatic carbocycles. The van der Waals surface area contributed by atoms with E-state index in [1.165, 1.54) is 0 Å². The lowest BCUT2D eigenvalue weighted by Gasteiger charge is -2.14. The van der Waals surface area contributed by atoms with Gasteiger partial charge in [-0.05, 0) is 31.4 Å². The lowest BCUT2D eigenvalue weighted by atomic mass is 10.1. The predicted octanol–water partition coefficient (Wildman–Crippen LogP) is 2.80. The molecule has 1 rings (SSSR count). The molecule has 5 heteroatoms. The Morgan fingerprint density at radius 1 is 1.53 bits per heavy atom. The van der Waals surface area contributed by atoms with E-state index < -0.39 is 17.9 Å². The SMILES string of the molecule is C=CCCC(NC(=O)c1cccc(C)c1Cl)C(=O)O. The van der Waals surface area contributed by atoms with Crippen molar-refractivity contribution in [3.05, 3.63) is 47.0 Å². The minimum absolute atomic E-state index is 0.284. The molecular formula is C14H16ClNO3. The van der Waals surface area contributed by atoms with E-state index in [9.17, 15) is 9.59 Å². The molecule has 19 heavy (non-hydrogen) atoms. The van der Waals surface area contributed by atoms with Gasteiger partial charge in [-0.25, -0.2) is 4.79 Å². The maximum atomic E-state index is 12.0. The third kappa shape index (κ3) is 4.10. The summed E-state index contributed by atoms with van der Waals surface area (Å²) in [5.74, 6) is -1.55. The number of carboxylic acids is 1. The summed E-state index contributed by atoms with van der Waals surface area (Å²) in [6, 6.07) is 4.11. The van der Waals surface area contributed by atoms with E-state index in [0.717, 1.165) is 5.56 Å². The fourth-order valence-electron chi connectivity index (χ4n) is 1.60. The number of carboxylic acid groups (broad SMARTS) is 1. The summed E-state index contributed by atoms with van der Waals surface area (Å²) in [6.45, 7) is 5.31. The van der Waals surface area contributed by atoms with Gasteiger partial charge in [0.15, 0.2) is 0 Å². The lowest BCUT2D eigenvalue weighted by Crippen LogP contribution is -2.40. The van der Waals surface area contributed by atoms with Crippen molar-refractivity contribution in [1.82, 2.24) is 5.32 Å². The van der Waals surface area contributed by atoms with Gasteiger partial charge < -0.3 is 10.4 Å². The third-order valence-corrected chi connectivity index (χ3v) is 3.20. The van der Waals surface area contributed by atoms with Crippen LogP contribution >= 0.6 is 11.6 Å². The first kappa shape index (κ1) is 15.2. The first-order chi connectivity index (χ1) is 8.97. The molecule has 1 unspecified atom stereocenters. The number of hydrogen-bond acceptors (Lipinski definition) is 2. The normalized spacial score (nSPS) is 11.7. The predicted molar refractivity (Wildman–Crippen MR) is 74.5 cm³/mol. The number of amides is 1. The summed E-state index contributed by atoms with van der Waals surface area (Å²) >= 11 is 6.03. The van der Waals surface area contributed by atoms with Gasteiger partial charge in [0.1, 0.15) is 6.04 Å². The molecule has 0 aliphatic heterocycles. The Balaban J connectivity index is 2.84. The second-order valence-corrected chi connectivity index (χ2v) is 4.54. The van der Waals surface area contributed by atoms with E-state index in [1.807, 2.05) is 0 Å². The highest BCUT2D eigenvalue weighted by molar-refractivity contribution is 6.34. The van der Waals surface area contributed by atoms with Gasteiger partial charge in [-0.3, -0.25) is 4.79 Å². The van der Waals surface area contributed by atoms with Crippen molar-refractivity contribution in [2.24, 2.45) is 0 Å². The first-order valence-corrected chi connectivity index (χ1v) is 6.24. The third-order valence-electron chi connectivity index (χ3n) is 2.70. The van der Waals surface area contributed by atoms with Gasteiger partial charge in [0.05, 0.1) is 10.6 Å². The summed E-state index contributed by atoms with van der Waals surface area (Å²) in [6.07, 6.45) is 2.43. The lowest BCUT2D eigenvalue weighted by molar-refractivity contribution is -0.139. The van der Waals surface area contributed by atoms with Crippen LogP contribution < -0.4 is 5.32 Å². The van der Waals surface area contributed by atoms with Crippen LogP contribution in [-0.2, 0) is 4.79 Å². The van der Waals surface area contributed by atoms with E-state index in [-0.39, 0.29) is 5.56 Å². The molecule has 0 fully saturated rings. The average molecular weight is 282 g/mol. The molecule has 0 radical (unpaired) electrons. The van der Waals surface area contributed by atoms with Crippen molar-refractivity contribution in [3.63, 3.8) is 0 Å². The summed E-state index contributed by atoms with van der Waals surface area (Å²) < 4.78 is 0. The van der Waals surface area contributed by atoms with E-state index in [1.54, 1.807) is 31.2 Å². The highest BCUT2D eigenvalue weighted by atomic mass is 35.5. The highest BCUT2D eigenvalue weighted by Gasteiger charge is 2.21. The van der Waals surface area contributed by atoms with E-state index in [4.69, 9.17) is 16.7 Å². The number of aryl methyl sites for hydroxylation is 1. The Morgan fingerprint density at radius 2 is 2.21 bits per heavy atom. The zero-order valence-corrected chi connectivity index (χ0v) is 11.4. The molecule has 0 aromatic heterocycles. The number of allylic oxidation sites excluding steroid dienone is 1. The van der Waals surface area contributed by atoms with Crippen LogP contribution in [0.1, 0.15) is 28.8 Å². The summed E-state index contributed by atoms with van der Waals surface area (Å²) in [7, 11) is 0. The van der Waals surface area contributed by atoms with Gasteiger partial charge in [-0.2, -0.15) is 0 Å². The van der Waals surface area contributed by atoms with Crippen LogP contribution in [0.2, 0.25) is 5.02 Å². The van der Waals surface area contributed by atoms with Gasteiger partial charge in [0, 0.05) is 0 Å². The number of nitrogens with one attached hydrogen (secondary N) is 1. The Labute approximate surface area is 117 Å². The monoisotopic (exact) mass is 281 g/mol. The van der Waals surface area contributed by atoms with Gasteiger partial charge in [-0.15, -0.1) is 6.58 Å². The maximum Gasteiger partial charge on any atom is 0.326 e. The standard InChI is InChI=1S/C14H16ClNO3/c1-3-4-8-11(14(18)19)16-13(17)10-7-5-6-9(2)12(10)15/h3,5-7,11H,1,4,8H2,2H3,(H,16,17)(H,18,19). The molecule has 0 bridgehead atoms. The van der Waals surface area contributed by atoms with Crippen molar-refractivity contribution < 1.29 is 14.7 Å². The minimum atomic E-state index is -1.07. The molecule has 1 aromatic rings. The fourth-order valence-corrected chi connectivity index (χ4v) is 1.81. The smallest absolute Gasteiger partial charge is 0.326 e. The molecule has 0 saturated heterocycles. The fraction of sp³-hybridized carbons (Fsp3) is 0.286. The summed E-state index contributed by atoms with van der Waals surface area (Å²) in [4.78, 5) is 23.1. The van der Waals surface area contributed by atoms with E-state index in [0.29, 0.717) is 17.9 Å². The summed E-state index contributed by atoms with van der Waals surface area (Å²) in [5.41, 5.74) is 1.05. The minimum Gasteiger partial charge on any atom is -0.480 e. The number of hydrogen-bond donors (Lipinski definition) is 2. The van der Waals surface area contributed by atoms with Crippen LogP contribution in [0.5, 0.6) is 0 Å². The molecule has 0 aliphatic rings. The van der Waals surface area contributed by atoms with Gasteiger partial charge in [0.2, 0.25) is 0 Å². The van der Waals surface area contributed by atoms with Gasteiger partial charge >= 0.3 is 5.97 Å². The number of aliphatic carboxylic acids is 1. The Kier molecular flexibility index (Phi) is 5.57. The molecule has 1 atom stereocenters. The zero-order chi connectivity index (χ0) is 14.4. The van der Waals surface area contributed by atoms with Crippen LogP contribution in [0.15, 0.2) is 30.9 Å². The molecule has 1 aromatic carbocycles. The molecule has 4 nitrogen and oxygen atoms in total. The Bertz CT molecular complexity index is 499. The number of halogens is 1.